The molecule has 0 fully saturated rings. The van der Waals surface area contributed by atoms with Crippen molar-refractivity contribution in [2.24, 2.45) is 0 Å². The molecular formula is C16H22N4O3S. The van der Waals surface area contributed by atoms with Crippen molar-refractivity contribution in [3.05, 3.63) is 36.0 Å². The van der Waals surface area contributed by atoms with Crippen molar-refractivity contribution in [2.75, 3.05) is 17.1 Å². The Morgan fingerprint density at radius 2 is 1.88 bits per heavy atom. The Hall–Kier alpha value is -2.35. The van der Waals surface area contributed by atoms with Gasteiger partial charge in [-0.3, -0.25) is 0 Å². The minimum absolute atomic E-state index is 0.0164. The normalized spacial score (nSPS) is 11.2. The first kappa shape index (κ1) is 18.0. The number of nitrogens with one attached hydrogen (secondary N) is 1. The van der Waals surface area contributed by atoms with Crippen LogP contribution in [0.5, 0.6) is 5.88 Å². The molecule has 0 saturated heterocycles. The first-order valence-electron chi connectivity index (χ1n) is 7.77. The minimum Gasteiger partial charge on any atom is -0.478 e. The third-order valence-corrected chi connectivity index (χ3v) is 4.59. The van der Waals surface area contributed by atoms with Crippen LogP contribution in [0, 0.1) is 6.92 Å². The predicted octanol–water partition coefficient (Wildman–Crippen LogP) is 2.74. The van der Waals surface area contributed by atoms with Gasteiger partial charge in [-0.1, -0.05) is 19.8 Å². The lowest BCUT2D eigenvalue weighted by Crippen LogP contribution is -2.16. The van der Waals surface area contributed by atoms with E-state index in [4.69, 9.17) is 10.5 Å². The van der Waals surface area contributed by atoms with Gasteiger partial charge in [0.25, 0.3) is 10.0 Å². The van der Waals surface area contributed by atoms with Gasteiger partial charge in [-0.15, -0.1) is 0 Å². The van der Waals surface area contributed by atoms with Crippen LogP contribution < -0.4 is 15.2 Å². The van der Waals surface area contributed by atoms with Gasteiger partial charge in [0.15, 0.2) is 0 Å². The SMILES string of the molecule is CCCCCOc1cc(C)nc(NS(=O)(=O)c2ccc(N)cc2)n1. The van der Waals surface area contributed by atoms with Crippen molar-refractivity contribution in [1.29, 1.82) is 0 Å². The predicted molar refractivity (Wildman–Crippen MR) is 93.5 cm³/mol. The summed E-state index contributed by atoms with van der Waals surface area (Å²) in [5, 5.41) is 0. The average Bonchev–Trinajstić information content (AvgIpc) is 2.51. The molecule has 0 atom stereocenters. The highest BCUT2D eigenvalue weighted by Crippen LogP contribution is 2.18. The zero-order valence-electron chi connectivity index (χ0n) is 13.8. The van der Waals surface area contributed by atoms with Crippen molar-refractivity contribution in [3.8, 4) is 5.88 Å². The largest absolute Gasteiger partial charge is 0.478 e. The number of hydrogen-bond donors (Lipinski definition) is 2. The second-order valence-corrected chi connectivity index (χ2v) is 7.08. The molecule has 0 spiro atoms. The maximum absolute atomic E-state index is 12.4. The van der Waals surface area contributed by atoms with Crippen LogP contribution in [0.3, 0.4) is 0 Å². The van der Waals surface area contributed by atoms with Gasteiger partial charge in [0.05, 0.1) is 11.5 Å². The van der Waals surface area contributed by atoms with Crippen LogP contribution in [-0.2, 0) is 10.0 Å². The van der Waals surface area contributed by atoms with Gasteiger partial charge in [0.2, 0.25) is 11.8 Å². The molecule has 0 saturated carbocycles. The molecule has 0 radical (unpaired) electrons. The summed E-state index contributed by atoms with van der Waals surface area (Å²) in [5.41, 5.74) is 6.68. The van der Waals surface area contributed by atoms with E-state index in [0.717, 1.165) is 19.3 Å². The van der Waals surface area contributed by atoms with E-state index in [1.807, 2.05) is 0 Å². The van der Waals surface area contributed by atoms with E-state index >= 15 is 0 Å². The van der Waals surface area contributed by atoms with Crippen LogP contribution in [0.15, 0.2) is 35.2 Å². The molecule has 0 amide bonds. The highest BCUT2D eigenvalue weighted by atomic mass is 32.2. The molecule has 3 N–H and O–H groups in total. The fourth-order valence-corrected chi connectivity index (χ4v) is 2.96. The molecule has 8 heteroatoms. The van der Waals surface area contributed by atoms with Crippen molar-refractivity contribution in [3.63, 3.8) is 0 Å². The summed E-state index contributed by atoms with van der Waals surface area (Å²) in [7, 11) is -3.78. The number of nitrogens with two attached hydrogens (primary N) is 1. The third-order valence-electron chi connectivity index (χ3n) is 3.24. The van der Waals surface area contributed by atoms with Crippen molar-refractivity contribution in [2.45, 2.75) is 38.0 Å². The first-order chi connectivity index (χ1) is 11.4. The van der Waals surface area contributed by atoms with E-state index in [-0.39, 0.29) is 10.8 Å². The molecule has 0 unspecified atom stereocenters. The fourth-order valence-electron chi connectivity index (χ4n) is 2.01. The van der Waals surface area contributed by atoms with Crippen LogP contribution in [0.1, 0.15) is 31.9 Å². The number of sulfonamides is 1. The van der Waals surface area contributed by atoms with Crippen LogP contribution in [-0.4, -0.2) is 25.0 Å². The zero-order chi connectivity index (χ0) is 17.6. The summed E-state index contributed by atoms with van der Waals surface area (Å²) in [6, 6.07) is 7.57. The topological polar surface area (TPSA) is 107 Å². The number of nitrogens with zero attached hydrogens (tertiary/aromatic N) is 2. The van der Waals surface area contributed by atoms with Gasteiger partial charge in [-0.05, 0) is 37.6 Å². The molecule has 2 rings (SSSR count). The highest BCUT2D eigenvalue weighted by Gasteiger charge is 2.16. The molecule has 0 aliphatic heterocycles. The fraction of sp³-hybridized carbons (Fsp3) is 0.375. The Balaban J connectivity index is 2.13. The number of hydrogen-bond acceptors (Lipinski definition) is 6. The first-order valence-corrected chi connectivity index (χ1v) is 9.26. The lowest BCUT2D eigenvalue weighted by molar-refractivity contribution is 0.294. The van der Waals surface area contributed by atoms with Gasteiger partial charge >= 0.3 is 0 Å². The number of aryl methyl sites for hydroxylation is 1. The molecule has 7 nitrogen and oxygen atoms in total. The van der Waals surface area contributed by atoms with Crippen molar-refractivity contribution in [1.82, 2.24) is 9.97 Å². The van der Waals surface area contributed by atoms with Gasteiger partial charge in [0, 0.05) is 17.4 Å². The van der Waals surface area contributed by atoms with Gasteiger partial charge in [0.1, 0.15) is 0 Å². The zero-order valence-corrected chi connectivity index (χ0v) is 14.6. The van der Waals surface area contributed by atoms with E-state index in [1.54, 1.807) is 13.0 Å². The molecule has 130 valence electrons. The average molecular weight is 350 g/mol. The Morgan fingerprint density at radius 3 is 2.54 bits per heavy atom. The molecule has 0 aliphatic rings. The summed E-state index contributed by atoms with van der Waals surface area (Å²) in [6.45, 7) is 4.40. The molecule has 2 aromatic rings. The number of benzene rings is 1. The maximum atomic E-state index is 12.4. The highest BCUT2D eigenvalue weighted by molar-refractivity contribution is 7.92. The smallest absolute Gasteiger partial charge is 0.264 e. The number of ether oxygens (including phenoxy) is 1. The van der Waals surface area contributed by atoms with E-state index < -0.39 is 10.0 Å². The quantitative estimate of drug-likeness (QED) is 0.560. The molecule has 24 heavy (non-hydrogen) atoms. The van der Waals surface area contributed by atoms with Gasteiger partial charge < -0.3 is 10.5 Å². The van der Waals surface area contributed by atoms with E-state index in [1.165, 1.54) is 24.3 Å². The Kier molecular flexibility index (Phi) is 5.97. The van der Waals surface area contributed by atoms with E-state index in [9.17, 15) is 8.42 Å². The van der Waals surface area contributed by atoms with Gasteiger partial charge in [-0.2, -0.15) is 4.98 Å². The number of rotatable bonds is 8. The lowest BCUT2D eigenvalue weighted by atomic mass is 10.3. The van der Waals surface area contributed by atoms with Crippen LogP contribution in [0.2, 0.25) is 0 Å². The number of nitrogen functional groups attached to an aromatic ring is 1. The molecule has 1 aromatic carbocycles. The number of unbranched alkanes of at least 4 members (excludes halogenated alkanes) is 2. The van der Waals surface area contributed by atoms with E-state index in [2.05, 4.69) is 21.6 Å². The van der Waals surface area contributed by atoms with Crippen LogP contribution in [0.25, 0.3) is 0 Å². The summed E-state index contributed by atoms with van der Waals surface area (Å²) in [5.74, 6) is 0.339. The maximum Gasteiger partial charge on any atom is 0.264 e. The number of aromatic nitrogens is 2. The summed E-state index contributed by atoms with van der Waals surface area (Å²) in [4.78, 5) is 8.30. The monoisotopic (exact) mass is 350 g/mol. The Labute approximate surface area is 142 Å². The summed E-state index contributed by atoms with van der Waals surface area (Å²) < 4.78 is 32.7. The van der Waals surface area contributed by atoms with Crippen molar-refractivity contribution >= 4 is 21.7 Å². The second-order valence-electron chi connectivity index (χ2n) is 5.40. The molecule has 0 bridgehead atoms. The standard InChI is InChI=1S/C16H22N4O3S/c1-3-4-5-10-23-15-11-12(2)18-16(19-15)20-24(21,22)14-8-6-13(17)7-9-14/h6-9,11H,3-5,10,17H2,1-2H3,(H,18,19,20). The molecule has 1 aromatic heterocycles. The summed E-state index contributed by atoms with van der Waals surface area (Å²) in [6.07, 6.45) is 3.09. The van der Waals surface area contributed by atoms with Crippen molar-refractivity contribution < 1.29 is 13.2 Å². The molecule has 0 aliphatic carbocycles. The minimum atomic E-state index is -3.78. The molecule has 1 heterocycles. The Bertz CT molecular complexity index is 776. The lowest BCUT2D eigenvalue weighted by Gasteiger charge is -2.10. The number of anilines is 2. The van der Waals surface area contributed by atoms with E-state index in [0.29, 0.717) is 23.9 Å². The third kappa shape index (κ3) is 5.09. The second kappa shape index (κ2) is 7.96. The molecular weight excluding hydrogens is 328 g/mol. The van der Waals surface area contributed by atoms with Crippen LogP contribution >= 0.6 is 0 Å². The summed E-state index contributed by atoms with van der Waals surface area (Å²) >= 11 is 0. The van der Waals surface area contributed by atoms with Gasteiger partial charge in [-0.25, -0.2) is 18.1 Å². The Morgan fingerprint density at radius 1 is 1.17 bits per heavy atom. The van der Waals surface area contributed by atoms with Crippen LogP contribution in [0.4, 0.5) is 11.6 Å².